The Bertz CT molecular complexity index is 1120. The van der Waals surface area contributed by atoms with Gasteiger partial charge in [0.25, 0.3) is 23.6 Å². The summed E-state index contributed by atoms with van der Waals surface area (Å²) in [5, 5.41) is 0. The second-order valence-electron chi connectivity index (χ2n) is 8.51. The van der Waals surface area contributed by atoms with Gasteiger partial charge in [-0.05, 0) is 52.6 Å². The molecule has 4 rings (SSSR count). The quantitative estimate of drug-likeness (QED) is 0.567. The molecule has 0 fully saturated rings. The summed E-state index contributed by atoms with van der Waals surface area (Å²) in [5.74, 6) is -1.49. The number of hydrogen-bond donors (Lipinski definition) is 2. The molecule has 180 valence electrons. The molecule has 2 aromatic carbocycles. The molecule has 0 aromatic heterocycles. The van der Waals surface area contributed by atoms with Crippen LogP contribution in [0.2, 0.25) is 0 Å². The maximum Gasteiger partial charge on any atom is 0.258 e. The van der Waals surface area contributed by atoms with Gasteiger partial charge >= 0.3 is 0 Å². The summed E-state index contributed by atoms with van der Waals surface area (Å²) in [6.45, 7) is 4.28. The van der Waals surface area contributed by atoms with Crippen LogP contribution in [0.5, 0.6) is 0 Å². The fourth-order valence-electron chi connectivity index (χ4n) is 4.77. The third kappa shape index (κ3) is 4.34. The molecule has 8 nitrogen and oxygen atoms in total. The molecule has 0 aliphatic carbocycles. The summed E-state index contributed by atoms with van der Waals surface area (Å²) in [6, 6.07) is 7.83. The number of carbonyl (C=O) groups is 4. The molecule has 35 heavy (non-hydrogen) atoms. The van der Waals surface area contributed by atoms with Crippen molar-refractivity contribution in [3.63, 3.8) is 0 Å². The Morgan fingerprint density at radius 2 is 0.886 bits per heavy atom. The molecule has 8 heteroatoms. The van der Waals surface area contributed by atoms with Gasteiger partial charge in [-0.25, -0.2) is 9.80 Å². The van der Waals surface area contributed by atoms with E-state index in [9.17, 15) is 19.2 Å². The molecule has 2 aliphatic rings. The van der Waals surface area contributed by atoms with E-state index in [0.29, 0.717) is 30.6 Å². The Morgan fingerprint density at radius 1 is 0.571 bits per heavy atom. The second-order valence-corrected chi connectivity index (χ2v) is 8.51. The van der Waals surface area contributed by atoms with E-state index in [-0.39, 0.29) is 36.7 Å². The molecule has 0 saturated carbocycles. The predicted octanol–water partition coefficient (Wildman–Crippen LogP) is 2.18. The normalized spacial score (nSPS) is 15.3. The Balaban J connectivity index is 1.75. The standard InChI is InChI=1S/C27H28N4O4/c1-3-18-10-16(12-20(14-28)26(18)30-22(32)5-6-23(30)33)9-17-11-19(4-2)27(21(13-17)15-29)31-24(34)7-8-25(31)35/h5-8,10-13H,3-4,9,14-15,28-29H2,1-2H3. The summed E-state index contributed by atoms with van der Waals surface area (Å²) in [6.07, 6.45) is 6.86. The fraction of sp³-hybridized carbons (Fsp3) is 0.259. The van der Waals surface area contributed by atoms with E-state index >= 15 is 0 Å². The number of nitrogens with zero attached hydrogens (tertiary/aromatic N) is 2. The van der Waals surface area contributed by atoms with Crippen molar-refractivity contribution in [1.29, 1.82) is 0 Å². The van der Waals surface area contributed by atoms with Gasteiger partial charge in [0.15, 0.2) is 0 Å². The van der Waals surface area contributed by atoms with E-state index < -0.39 is 0 Å². The van der Waals surface area contributed by atoms with Crippen LogP contribution in [0.1, 0.15) is 47.2 Å². The number of nitrogens with two attached hydrogens (primary N) is 2. The summed E-state index contributed by atoms with van der Waals surface area (Å²) < 4.78 is 0. The van der Waals surface area contributed by atoms with Crippen molar-refractivity contribution in [1.82, 2.24) is 0 Å². The van der Waals surface area contributed by atoms with Gasteiger partial charge in [-0.2, -0.15) is 0 Å². The highest BCUT2D eigenvalue weighted by molar-refractivity contribution is 6.29. The van der Waals surface area contributed by atoms with Gasteiger partial charge in [-0.3, -0.25) is 19.2 Å². The molecule has 0 radical (unpaired) electrons. The predicted molar refractivity (Wildman–Crippen MR) is 133 cm³/mol. The highest BCUT2D eigenvalue weighted by Gasteiger charge is 2.30. The fourth-order valence-corrected chi connectivity index (χ4v) is 4.77. The van der Waals surface area contributed by atoms with Crippen molar-refractivity contribution < 1.29 is 19.2 Å². The molecule has 0 bridgehead atoms. The van der Waals surface area contributed by atoms with Crippen LogP contribution in [0.25, 0.3) is 0 Å². The van der Waals surface area contributed by atoms with E-state index in [4.69, 9.17) is 11.5 Å². The third-order valence-electron chi connectivity index (χ3n) is 6.33. The number of amides is 4. The molecule has 0 spiro atoms. The SMILES string of the molecule is CCc1cc(Cc2cc(CC)c(N3C(=O)C=CC3=O)c(CN)c2)cc(CN)c1N1C(=O)C=CC1=O. The van der Waals surface area contributed by atoms with Gasteiger partial charge in [-0.15, -0.1) is 0 Å². The van der Waals surface area contributed by atoms with E-state index in [0.717, 1.165) is 33.4 Å². The summed E-state index contributed by atoms with van der Waals surface area (Å²) in [4.78, 5) is 51.7. The first-order valence-corrected chi connectivity index (χ1v) is 11.6. The molecule has 2 heterocycles. The van der Waals surface area contributed by atoms with Gasteiger partial charge in [0, 0.05) is 37.4 Å². The number of anilines is 2. The summed E-state index contributed by atoms with van der Waals surface area (Å²) >= 11 is 0. The minimum Gasteiger partial charge on any atom is -0.326 e. The van der Waals surface area contributed by atoms with Crippen molar-refractivity contribution in [2.45, 2.75) is 46.2 Å². The maximum absolute atomic E-state index is 12.3. The van der Waals surface area contributed by atoms with Crippen molar-refractivity contribution in [2.75, 3.05) is 9.80 Å². The monoisotopic (exact) mass is 472 g/mol. The van der Waals surface area contributed by atoms with Crippen molar-refractivity contribution in [3.8, 4) is 0 Å². The van der Waals surface area contributed by atoms with Gasteiger partial charge in [0.2, 0.25) is 0 Å². The van der Waals surface area contributed by atoms with Crippen LogP contribution in [0.15, 0.2) is 48.6 Å². The Hall–Kier alpha value is -3.88. The van der Waals surface area contributed by atoms with Gasteiger partial charge in [-0.1, -0.05) is 38.1 Å². The Labute approximate surface area is 203 Å². The van der Waals surface area contributed by atoms with Gasteiger partial charge in [0.05, 0.1) is 11.4 Å². The Morgan fingerprint density at radius 3 is 1.17 bits per heavy atom. The smallest absolute Gasteiger partial charge is 0.258 e. The molecule has 4 N–H and O–H groups in total. The lowest BCUT2D eigenvalue weighted by Gasteiger charge is -2.24. The average Bonchev–Trinajstić information content (AvgIpc) is 3.37. The zero-order chi connectivity index (χ0) is 25.3. The minimum atomic E-state index is -0.372. The van der Waals surface area contributed by atoms with Gasteiger partial charge < -0.3 is 11.5 Å². The highest BCUT2D eigenvalue weighted by Crippen LogP contribution is 2.34. The van der Waals surface area contributed by atoms with Crippen LogP contribution in [0.4, 0.5) is 11.4 Å². The zero-order valence-electron chi connectivity index (χ0n) is 19.8. The lowest BCUT2D eigenvalue weighted by molar-refractivity contribution is -0.121. The first-order valence-electron chi connectivity index (χ1n) is 11.6. The van der Waals surface area contributed by atoms with Crippen LogP contribution in [0, 0.1) is 0 Å². The van der Waals surface area contributed by atoms with Crippen LogP contribution in [-0.4, -0.2) is 23.6 Å². The van der Waals surface area contributed by atoms with Crippen LogP contribution in [-0.2, 0) is 51.5 Å². The van der Waals surface area contributed by atoms with Gasteiger partial charge in [0.1, 0.15) is 0 Å². The number of rotatable bonds is 8. The number of hydrogen-bond acceptors (Lipinski definition) is 6. The van der Waals surface area contributed by atoms with Crippen LogP contribution < -0.4 is 21.3 Å². The van der Waals surface area contributed by atoms with Crippen molar-refractivity contribution >= 4 is 35.0 Å². The van der Waals surface area contributed by atoms with E-state index in [2.05, 4.69) is 0 Å². The second kappa shape index (κ2) is 9.77. The first kappa shape index (κ1) is 24.3. The molecule has 4 amide bonds. The maximum atomic E-state index is 12.3. The molecule has 2 aromatic rings. The summed E-state index contributed by atoms with van der Waals surface area (Å²) in [7, 11) is 0. The number of aryl methyl sites for hydroxylation is 2. The highest BCUT2D eigenvalue weighted by atomic mass is 16.2. The molecule has 0 unspecified atom stereocenters. The van der Waals surface area contributed by atoms with Crippen LogP contribution in [0.3, 0.4) is 0 Å². The first-order chi connectivity index (χ1) is 16.8. The number of imide groups is 2. The molecule has 0 saturated heterocycles. The van der Waals surface area contributed by atoms with Crippen molar-refractivity contribution in [3.05, 3.63) is 82.0 Å². The number of benzene rings is 2. The lowest BCUT2D eigenvalue weighted by Crippen LogP contribution is -2.32. The average molecular weight is 473 g/mol. The van der Waals surface area contributed by atoms with E-state index in [1.807, 2.05) is 38.1 Å². The minimum absolute atomic E-state index is 0.173. The molecule has 2 aliphatic heterocycles. The van der Waals surface area contributed by atoms with Crippen molar-refractivity contribution in [2.24, 2.45) is 11.5 Å². The zero-order valence-corrected chi connectivity index (χ0v) is 19.8. The third-order valence-corrected chi connectivity index (χ3v) is 6.33. The molecule has 0 atom stereocenters. The number of carbonyl (C=O) groups excluding carboxylic acids is 4. The molecular weight excluding hydrogens is 444 g/mol. The van der Waals surface area contributed by atoms with E-state index in [1.165, 1.54) is 34.1 Å². The van der Waals surface area contributed by atoms with E-state index in [1.54, 1.807) is 0 Å². The Kier molecular flexibility index (Phi) is 6.77. The topological polar surface area (TPSA) is 127 Å². The molecular formula is C27H28N4O4. The summed E-state index contributed by atoms with van der Waals surface area (Å²) in [5.41, 5.74) is 18.3. The largest absolute Gasteiger partial charge is 0.326 e. The van der Waals surface area contributed by atoms with Crippen LogP contribution >= 0.6 is 0 Å². The lowest BCUT2D eigenvalue weighted by atomic mass is 9.93.